The van der Waals surface area contributed by atoms with Gasteiger partial charge in [0.1, 0.15) is 12.2 Å². The van der Waals surface area contributed by atoms with E-state index in [-0.39, 0.29) is 18.5 Å². The molecule has 2 unspecified atom stereocenters. The van der Waals surface area contributed by atoms with E-state index in [0.29, 0.717) is 29.0 Å². The number of ether oxygens (including phenoxy) is 1. The second-order valence-corrected chi connectivity index (χ2v) is 8.91. The molecule has 2 atom stereocenters. The van der Waals surface area contributed by atoms with Gasteiger partial charge in [0.05, 0.1) is 24.0 Å². The van der Waals surface area contributed by atoms with E-state index >= 15 is 0 Å². The number of pyridine rings is 1. The zero-order chi connectivity index (χ0) is 20.2. The molecular weight excluding hydrogens is 372 g/mol. The van der Waals surface area contributed by atoms with E-state index in [4.69, 9.17) is 0 Å². The van der Waals surface area contributed by atoms with Gasteiger partial charge in [-0.05, 0) is 55.9 Å². The molecule has 29 heavy (non-hydrogen) atoms. The molecule has 2 aromatic heterocycles. The lowest BCUT2D eigenvalue weighted by Gasteiger charge is -2.58. The van der Waals surface area contributed by atoms with Crippen LogP contribution in [-0.4, -0.2) is 52.2 Å². The van der Waals surface area contributed by atoms with Gasteiger partial charge in [-0.15, -0.1) is 0 Å². The molecule has 4 fully saturated rings. The zero-order valence-electron chi connectivity index (χ0n) is 16.4. The third kappa shape index (κ3) is 3.15. The second-order valence-electron chi connectivity index (χ2n) is 8.91. The van der Waals surface area contributed by atoms with Gasteiger partial charge in [-0.25, -0.2) is 4.98 Å². The fourth-order valence-corrected chi connectivity index (χ4v) is 6.04. The Morgan fingerprint density at radius 3 is 2.76 bits per heavy atom. The highest BCUT2D eigenvalue weighted by Gasteiger charge is 2.54. The van der Waals surface area contributed by atoms with Gasteiger partial charge in [0.25, 0.3) is 5.91 Å². The van der Waals surface area contributed by atoms with Crippen LogP contribution in [0, 0.1) is 17.8 Å². The number of aromatic nitrogens is 2. The Balaban J connectivity index is 1.45. The number of nitrogens with one attached hydrogen (secondary N) is 3. The number of carbonyl (C=O) groups excluding carboxylic acids is 2. The second kappa shape index (κ2) is 6.73. The molecule has 0 aliphatic heterocycles. The fourth-order valence-electron chi connectivity index (χ4n) is 6.04. The maximum Gasteiger partial charge on any atom is 0.325 e. The number of carbonyl (C=O) groups is 2. The number of methoxy groups -OCH3 is 1. The van der Waals surface area contributed by atoms with Crippen molar-refractivity contribution >= 4 is 28.6 Å². The van der Waals surface area contributed by atoms with Crippen LogP contribution in [0.15, 0.2) is 18.5 Å². The molecule has 2 heterocycles. The van der Waals surface area contributed by atoms with Gasteiger partial charge in [0.2, 0.25) is 0 Å². The van der Waals surface area contributed by atoms with E-state index in [2.05, 4.69) is 25.3 Å². The van der Waals surface area contributed by atoms with Crippen molar-refractivity contribution in [3.63, 3.8) is 0 Å². The first kappa shape index (κ1) is 18.4. The first-order chi connectivity index (χ1) is 14.0. The van der Waals surface area contributed by atoms with Crippen LogP contribution in [-0.2, 0) is 9.53 Å². The Hall–Kier alpha value is -2.61. The van der Waals surface area contributed by atoms with Gasteiger partial charge in [-0.1, -0.05) is 0 Å². The molecule has 0 radical (unpaired) electrons. The van der Waals surface area contributed by atoms with Crippen LogP contribution in [0.25, 0.3) is 11.0 Å². The summed E-state index contributed by atoms with van der Waals surface area (Å²) in [4.78, 5) is 31.7. The molecule has 2 aromatic rings. The number of hydrogen-bond donors (Lipinski definition) is 4. The molecule has 0 spiro atoms. The van der Waals surface area contributed by atoms with Crippen molar-refractivity contribution in [3.8, 4) is 0 Å². The molecule has 4 saturated carbocycles. The average Bonchev–Trinajstić information content (AvgIpc) is 3.16. The first-order valence-electron chi connectivity index (χ1n) is 10.3. The predicted molar refractivity (Wildman–Crippen MR) is 106 cm³/mol. The summed E-state index contributed by atoms with van der Waals surface area (Å²) in [5, 5.41) is 18.0. The molecule has 1 amide bonds. The summed E-state index contributed by atoms with van der Waals surface area (Å²) >= 11 is 0. The lowest BCUT2D eigenvalue weighted by molar-refractivity contribution is -0.139. The number of hydrogen-bond acceptors (Lipinski definition) is 6. The maximum atomic E-state index is 12.8. The maximum absolute atomic E-state index is 12.8. The first-order valence-corrected chi connectivity index (χ1v) is 10.3. The lowest BCUT2D eigenvalue weighted by Crippen LogP contribution is -2.59. The molecule has 8 nitrogen and oxygen atoms in total. The molecule has 6 rings (SSSR count). The summed E-state index contributed by atoms with van der Waals surface area (Å²) in [5.41, 5.74) is 1.35. The normalized spacial score (nSPS) is 32.3. The minimum absolute atomic E-state index is 0.191. The molecular formula is C21H26N4O4. The number of fused-ring (bicyclic) bond motifs is 1. The van der Waals surface area contributed by atoms with Gasteiger partial charge in [0, 0.05) is 23.8 Å². The summed E-state index contributed by atoms with van der Waals surface area (Å²) in [6.45, 7) is -0.191. The highest BCUT2D eigenvalue weighted by molar-refractivity contribution is 6.07. The van der Waals surface area contributed by atoms with Crippen molar-refractivity contribution in [2.24, 2.45) is 17.8 Å². The van der Waals surface area contributed by atoms with E-state index in [1.807, 2.05) is 6.07 Å². The SMILES string of the molecule is COC(=O)CNC(=O)c1cnc2[nH]ccc2c1N[C@H]1C2CC3CC1C[C@@](O)(C3)C2. The van der Waals surface area contributed by atoms with Gasteiger partial charge >= 0.3 is 5.97 Å². The highest BCUT2D eigenvalue weighted by Crippen LogP contribution is 2.56. The van der Waals surface area contributed by atoms with Crippen molar-refractivity contribution in [2.45, 2.75) is 43.7 Å². The largest absolute Gasteiger partial charge is 0.468 e. The number of amides is 1. The van der Waals surface area contributed by atoms with Crippen molar-refractivity contribution in [1.29, 1.82) is 0 Å². The van der Waals surface area contributed by atoms with Crippen molar-refractivity contribution in [1.82, 2.24) is 15.3 Å². The minimum atomic E-state index is -0.503. The topological polar surface area (TPSA) is 116 Å². The zero-order valence-corrected chi connectivity index (χ0v) is 16.4. The van der Waals surface area contributed by atoms with Crippen LogP contribution in [0.2, 0.25) is 0 Å². The number of aliphatic hydroxyl groups is 1. The van der Waals surface area contributed by atoms with Crippen molar-refractivity contribution < 1.29 is 19.4 Å². The Bertz CT molecular complexity index is 955. The third-order valence-electron chi connectivity index (χ3n) is 7.00. The number of rotatable bonds is 5. The summed E-state index contributed by atoms with van der Waals surface area (Å²) in [5.74, 6) is 0.552. The standard InChI is InChI=1S/C21H26N4O4/c1-29-16(26)10-24-20(27)15-9-23-19-14(2-3-22-19)18(15)25-17-12-4-11-5-13(17)8-21(28,6-11)7-12/h2-3,9,11-13,17,28H,4-8,10H2,1H3,(H,24,27)(H2,22,23,25)/t11?,12?,13?,17-,21+. The van der Waals surface area contributed by atoms with Gasteiger partial charge < -0.3 is 25.5 Å². The molecule has 0 saturated heterocycles. The lowest BCUT2D eigenvalue weighted by atomic mass is 9.52. The smallest absolute Gasteiger partial charge is 0.325 e. The van der Waals surface area contributed by atoms with Crippen LogP contribution in [0.4, 0.5) is 5.69 Å². The van der Waals surface area contributed by atoms with Gasteiger partial charge in [0.15, 0.2) is 0 Å². The number of anilines is 1. The highest BCUT2D eigenvalue weighted by atomic mass is 16.5. The van der Waals surface area contributed by atoms with Crippen LogP contribution in [0.1, 0.15) is 42.5 Å². The summed E-state index contributed by atoms with van der Waals surface area (Å²) < 4.78 is 4.61. The molecule has 4 bridgehead atoms. The molecule has 0 aromatic carbocycles. The van der Waals surface area contributed by atoms with Gasteiger partial charge in [-0.2, -0.15) is 0 Å². The number of nitrogens with zero attached hydrogens (tertiary/aromatic N) is 1. The summed E-state index contributed by atoms with van der Waals surface area (Å²) in [6.07, 6.45) is 8.18. The minimum Gasteiger partial charge on any atom is -0.468 e. The van der Waals surface area contributed by atoms with Crippen LogP contribution >= 0.6 is 0 Å². The monoisotopic (exact) mass is 398 g/mol. The Morgan fingerprint density at radius 2 is 2.07 bits per heavy atom. The van der Waals surface area contributed by atoms with Crippen LogP contribution in [0.5, 0.6) is 0 Å². The van der Waals surface area contributed by atoms with E-state index in [0.717, 1.165) is 43.2 Å². The van der Waals surface area contributed by atoms with Gasteiger partial charge in [-0.3, -0.25) is 9.59 Å². The number of aromatic amines is 1. The molecule has 4 aliphatic rings. The van der Waals surface area contributed by atoms with Crippen molar-refractivity contribution in [2.75, 3.05) is 19.0 Å². The summed E-state index contributed by atoms with van der Waals surface area (Å²) in [6, 6.07) is 2.13. The van der Waals surface area contributed by atoms with E-state index in [1.54, 1.807) is 6.20 Å². The molecule has 4 N–H and O–H groups in total. The average molecular weight is 398 g/mol. The van der Waals surface area contributed by atoms with E-state index < -0.39 is 11.6 Å². The third-order valence-corrected chi connectivity index (χ3v) is 7.00. The van der Waals surface area contributed by atoms with Crippen LogP contribution in [0.3, 0.4) is 0 Å². The fraction of sp³-hybridized carbons (Fsp3) is 0.571. The van der Waals surface area contributed by atoms with E-state index in [9.17, 15) is 14.7 Å². The Labute approximate surface area is 168 Å². The quantitative estimate of drug-likeness (QED) is 0.571. The molecule has 4 aliphatic carbocycles. The van der Waals surface area contributed by atoms with E-state index in [1.165, 1.54) is 13.3 Å². The molecule has 154 valence electrons. The molecule has 8 heteroatoms. The van der Waals surface area contributed by atoms with Crippen LogP contribution < -0.4 is 10.6 Å². The Morgan fingerprint density at radius 1 is 1.31 bits per heavy atom. The number of H-pyrrole nitrogens is 1. The number of esters is 1. The Kier molecular flexibility index (Phi) is 4.27. The summed E-state index contributed by atoms with van der Waals surface area (Å²) in [7, 11) is 1.29. The van der Waals surface area contributed by atoms with Crippen molar-refractivity contribution in [3.05, 3.63) is 24.0 Å². The predicted octanol–water partition coefficient (Wildman–Crippen LogP) is 1.82.